The van der Waals surface area contributed by atoms with E-state index in [1.165, 1.54) is 0 Å². The first-order valence-electron chi connectivity index (χ1n) is 9.84. The number of hydrogen-bond donors (Lipinski definition) is 8. The molecule has 0 fully saturated rings. The lowest BCUT2D eigenvalue weighted by Gasteiger charge is -2.27. The molecule has 0 aromatic carbocycles. The number of carboxylic acids is 2. The third-order valence-electron chi connectivity index (χ3n) is 4.63. The molecule has 0 bridgehead atoms. The Balaban J connectivity index is 5.30. The molecular weight excluding hydrogens is 446 g/mol. The first-order chi connectivity index (χ1) is 14.8. The molecule has 0 spiro atoms. The Kier molecular flexibility index (Phi) is 13.0. The van der Waals surface area contributed by atoms with Crippen LogP contribution >= 0.6 is 12.6 Å². The van der Waals surface area contributed by atoms with Gasteiger partial charge < -0.3 is 37.6 Å². The number of nitrogens with two attached hydrogens (primary N) is 2. The number of primary amides is 1. The zero-order valence-corrected chi connectivity index (χ0v) is 18.8. The number of carbonyl (C=O) groups excluding carboxylic acids is 4. The standard InChI is InChI=1S/C18H31N5O8S/c1-3-8(2)14(17(29)21-10(18(30)31)6-12(20)24)23-16(28)11(7-32)22-15(27)9(19)4-5-13(25)26/h8-11,14,32H,3-7,19H2,1-2H3,(H2,20,24)(H,21,29)(H,22,27)(H,23,28)(H,25,26)(H,30,31). The van der Waals surface area contributed by atoms with Gasteiger partial charge in [0.15, 0.2) is 0 Å². The van der Waals surface area contributed by atoms with E-state index in [1.807, 2.05) is 0 Å². The minimum Gasteiger partial charge on any atom is -0.481 e. The molecule has 0 aliphatic heterocycles. The van der Waals surface area contributed by atoms with Gasteiger partial charge in [0.25, 0.3) is 0 Å². The maximum atomic E-state index is 12.7. The van der Waals surface area contributed by atoms with Crippen molar-refractivity contribution in [1.82, 2.24) is 16.0 Å². The molecule has 4 amide bonds. The number of thiol groups is 1. The molecule has 0 aromatic rings. The highest BCUT2D eigenvalue weighted by Gasteiger charge is 2.32. The maximum absolute atomic E-state index is 12.7. The van der Waals surface area contributed by atoms with Crippen molar-refractivity contribution >= 4 is 48.2 Å². The molecule has 182 valence electrons. The van der Waals surface area contributed by atoms with Gasteiger partial charge in [-0.3, -0.25) is 24.0 Å². The summed E-state index contributed by atoms with van der Waals surface area (Å²) in [5, 5.41) is 24.8. The summed E-state index contributed by atoms with van der Waals surface area (Å²) in [6.07, 6.45) is -0.676. The predicted molar refractivity (Wildman–Crippen MR) is 115 cm³/mol. The van der Waals surface area contributed by atoms with E-state index in [4.69, 9.17) is 21.7 Å². The van der Waals surface area contributed by atoms with Gasteiger partial charge in [-0.05, 0) is 12.3 Å². The molecule has 0 saturated heterocycles. The topological polar surface area (TPSA) is 231 Å². The molecule has 14 heteroatoms. The van der Waals surface area contributed by atoms with Crippen LogP contribution in [0, 0.1) is 5.92 Å². The van der Waals surface area contributed by atoms with Crippen molar-refractivity contribution < 1.29 is 39.0 Å². The van der Waals surface area contributed by atoms with Gasteiger partial charge in [-0.15, -0.1) is 0 Å². The van der Waals surface area contributed by atoms with Gasteiger partial charge in [0.2, 0.25) is 23.6 Å². The van der Waals surface area contributed by atoms with E-state index in [0.717, 1.165) is 0 Å². The van der Waals surface area contributed by atoms with Crippen molar-refractivity contribution in [3.05, 3.63) is 0 Å². The fourth-order valence-corrected chi connectivity index (χ4v) is 2.76. The number of carbonyl (C=O) groups is 6. The molecule has 0 aromatic heterocycles. The van der Waals surface area contributed by atoms with Crippen molar-refractivity contribution in [1.29, 1.82) is 0 Å². The van der Waals surface area contributed by atoms with Gasteiger partial charge in [-0.1, -0.05) is 20.3 Å². The monoisotopic (exact) mass is 477 g/mol. The van der Waals surface area contributed by atoms with Gasteiger partial charge in [0, 0.05) is 12.2 Å². The average molecular weight is 478 g/mol. The lowest BCUT2D eigenvalue weighted by Crippen LogP contribution is -2.59. The first-order valence-corrected chi connectivity index (χ1v) is 10.5. The van der Waals surface area contributed by atoms with Crippen LogP contribution in [0.1, 0.15) is 39.5 Å². The van der Waals surface area contributed by atoms with E-state index in [0.29, 0.717) is 6.42 Å². The van der Waals surface area contributed by atoms with Crippen LogP contribution in [0.3, 0.4) is 0 Å². The van der Waals surface area contributed by atoms with Crippen LogP contribution in [0.15, 0.2) is 0 Å². The molecular formula is C18H31N5O8S. The lowest BCUT2D eigenvalue weighted by atomic mass is 9.97. The summed E-state index contributed by atoms with van der Waals surface area (Å²) in [7, 11) is 0. The summed E-state index contributed by atoms with van der Waals surface area (Å²) in [5.74, 6) is -6.51. The van der Waals surface area contributed by atoms with E-state index in [2.05, 4.69) is 28.6 Å². The Morgan fingerprint density at radius 2 is 1.50 bits per heavy atom. The van der Waals surface area contributed by atoms with E-state index in [1.54, 1.807) is 13.8 Å². The van der Waals surface area contributed by atoms with Crippen molar-refractivity contribution in [2.75, 3.05) is 5.75 Å². The second-order valence-corrected chi connectivity index (χ2v) is 7.59. The van der Waals surface area contributed by atoms with Gasteiger partial charge in [0.05, 0.1) is 12.5 Å². The number of amides is 4. The van der Waals surface area contributed by atoms with Crippen molar-refractivity contribution in [2.45, 2.75) is 63.7 Å². The molecule has 0 saturated carbocycles. The summed E-state index contributed by atoms with van der Waals surface area (Å²) in [6.45, 7) is 3.39. The number of hydrogen-bond acceptors (Lipinski definition) is 8. The predicted octanol–water partition coefficient (Wildman–Crippen LogP) is -2.43. The zero-order chi connectivity index (χ0) is 25.0. The third-order valence-corrected chi connectivity index (χ3v) is 5.00. The second kappa shape index (κ2) is 14.2. The van der Waals surface area contributed by atoms with Crippen LogP contribution < -0.4 is 27.4 Å². The Bertz CT molecular complexity index is 719. The van der Waals surface area contributed by atoms with E-state index >= 15 is 0 Å². The maximum Gasteiger partial charge on any atom is 0.326 e. The first kappa shape index (κ1) is 29.1. The van der Waals surface area contributed by atoms with Crippen LogP contribution in [0.5, 0.6) is 0 Å². The summed E-state index contributed by atoms with van der Waals surface area (Å²) in [6, 6.07) is -5.11. The fraction of sp³-hybridized carbons (Fsp3) is 0.667. The summed E-state index contributed by atoms with van der Waals surface area (Å²) < 4.78 is 0. The number of aliphatic carboxylic acids is 2. The SMILES string of the molecule is CCC(C)C(NC(=O)C(CS)NC(=O)C(N)CCC(=O)O)C(=O)NC(CC(N)=O)C(=O)O. The largest absolute Gasteiger partial charge is 0.481 e. The molecule has 0 aliphatic carbocycles. The molecule has 0 heterocycles. The number of rotatable bonds is 15. The van der Waals surface area contributed by atoms with Crippen LogP contribution in [-0.4, -0.2) is 75.7 Å². The second-order valence-electron chi connectivity index (χ2n) is 7.22. The Hall–Kier alpha value is -2.87. The zero-order valence-electron chi connectivity index (χ0n) is 17.9. The van der Waals surface area contributed by atoms with Gasteiger partial charge in [-0.25, -0.2) is 4.79 Å². The minimum atomic E-state index is -1.57. The minimum absolute atomic E-state index is 0.142. The smallest absolute Gasteiger partial charge is 0.326 e. The van der Waals surface area contributed by atoms with Gasteiger partial charge in [0.1, 0.15) is 18.1 Å². The molecule has 32 heavy (non-hydrogen) atoms. The molecule has 0 aliphatic rings. The van der Waals surface area contributed by atoms with E-state index < -0.39 is 72.1 Å². The van der Waals surface area contributed by atoms with Crippen molar-refractivity contribution in [2.24, 2.45) is 17.4 Å². The number of nitrogens with one attached hydrogen (secondary N) is 3. The Labute approximate surface area is 190 Å². The molecule has 9 N–H and O–H groups in total. The molecule has 0 radical (unpaired) electrons. The Morgan fingerprint density at radius 1 is 0.938 bits per heavy atom. The quantitative estimate of drug-likeness (QED) is 0.117. The van der Waals surface area contributed by atoms with Gasteiger partial charge >= 0.3 is 11.9 Å². The molecule has 0 rings (SSSR count). The summed E-state index contributed by atoms with van der Waals surface area (Å²) in [5.41, 5.74) is 10.6. The Morgan fingerprint density at radius 3 is 1.94 bits per heavy atom. The molecule has 13 nitrogen and oxygen atoms in total. The van der Waals surface area contributed by atoms with E-state index in [9.17, 15) is 28.8 Å². The van der Waals surface area contributed by atoms with Crippen molar-refractivity contribution in [3.8, 4) is 0 Å². The average Bonchev–Trinajstić information content (AvgIpc) is 2.71. The van der Waals surface area contributed by atoms with Crippen LogP contribution in [0.4, 0.5) is 0 Å². The van der Waals surface area contributed by atoms with Gasteiger partial charge in [-0.2, -0.15) is 12.6 Å². The summed E-state index contributed by atoms with van der Waals surface area (Å²) in [4.78, 5) is 70.4. The highest BCUT2D eigenvalue weighted by molar-refractivity contribution is 7.80. The van der Waals surface area contributed by atoms with Crippen LogP contribution in [0.25, 0.3) is 0 Å². The molecule has 5 atom stereocenters. The normalized spacial score (nSPS) is 15.4. The van der Waals surface area contributed by atoms with Crippen LogP contribution in [-0.2, 0) is 28.8 Å². The molecule has 5 unspecified atom stereocenters. The highest BCUT2D eigenvalue weighted by Crippen LogP contribution is 2.10. The van der Waals surface area contributed by atoms with E-state index in [-0.39, 0.29) is 18.6 Å². The third kappa shape index (κ3) is 10.4. The fourth-order valence-electron chi connectivity index (χ4n) is 2.50. The lowest BCUT2D eigenvalue weighted by molar-refractivity contribution is -0.144. The summed E-state index contributed by atoms with van der Waals surface area (Å²) >= 11 is 4.01. The highest BCUT2D eigenvalue weighted by atomic mass is 32.1. The van der Waals surface area contributed by atoms with Crippen molar-refractivity contribution in [3.63, 3.8) is 0 Å². The van der Waals surface area contributed by atoms with Crippen LogP contribution in [0.2, 0.25) is 0 Å². The number of carboxylic acid groups (broad SMARTS) is 2.